The average Bonchev–Trinajstić information content (AvgIpc) is 2.72. The number of anilines is 2. The lowest BCUT2D eigenvalue weighted by Crippen LogP contribution is -2.43. The Kier molecular flexibility index (Phi) is 8.21. The molecule has 156 valence electrons. The van der Waals surface area contributed by atoms with Gasteiger partial charge in [-0.2, -0.15) is 0 Å². The van der Waals surface area contributed by atoms with Gasteiger partial charge in [0.15, 0.2) is 0 Å². The maximum absolute atomic E-state index is 12.7. The van der Waals surface area contributed by atoms with Gasteiger partial charge in [-0.1, -0.05) is 38.1 Å². The van der Waals surface area contributed by atoms with Crippen molar-refractivity contribution in [2.24, 2.45) is 0 Å². The lowest BCUT2D eigenvalue weighted by Gasteiger charge is -2.24. The molecule has 0 spiro atoms. The Morgan fingerprint density at radius 1 is 1.07 bits per heavy atom. The summed E-state index contributed by atoms with van der Waals surface area (Å²) in [5, 5.41) is 5.85. The van der Waals surface area contributed by atoms with Crippen molar-refractivity contribution in [3.05, 3.63) is 54.1 Å². The summed E-state index contributed by atoms with van der Waals surface area (Å²) in [5.74, 6) is 0.690. The first-order valence-electron chi connectivity index (χ1n) is 9.89. The van der Waals surface area contributed by atoms with Crippen molar-refractivity contribution in [1.82, 2.24) is 4.90 Å². The Morgan fingerprint density at radius 3 is 2.48 bits per heavy atom. The van der Waals surface area contributed by atoms with Crippen molar-refractivity contribution >= 4 is 23.2 Å². The number of carbonyl (C=O) groups excluding carboxylic acids is 2. The van der Waals surface area contributed by atoms with Crippen molar-refractivity contribution in [3.63, 3.8) is 0 Å². The van der Waals surface area contributed by atoms with E-state index in [1.54, 1.807) is 38.1 Å². The molecule has 0 aliphatic carbocycles. The van der Waals surface area contributed by atoms with Crippen LogP contribution in [0.2, 0.25) is 0 Å². The molecule has 2 amide bonds. The van der Waals surface area contributed by atoms with Crippen LogP contribution in [0, 0.1) is 0 Å². The van der Waals surface area contributed by atoms with Crippen molar-refractivity contribution in [2.75, 3.05) is 31.3 Å². The molecule has 0 saturated carbocycles. The van der Waals surface area contributed by atoms with Gasteiger partial charge < -0.3 is 15.4 Å². The van der Waals surface area contributed by atoms with Crippen molar-refractivity contribution in [1.29, 1.82) is 0 Å². The molecule has 0 aliphatic heterocycles. The van der Waals surface area contributed by atoms with Gasteiger partial charge in [-0.05, 0) is 50.1 Å². The SMILES string of the molecule is CC[C@@H](C)c1ccccc1NC(=O)[C@H](C)N(C)CC(=O)Nc1cccc(OC)c1. The molecular weight excluding hydrogens is 366 g/mol. The number of hydrogen-bond acceptors (Lipinski definition) is 4. The summed E-state index contributed by atoms with van der Waals surface area (Å²) in [6, 6.07) is 14.6. The van der Waals surface area contributed by atoms with Gasteiger partial charge in [-0.3, -0.25) is 14.5 Å². The molecule has 0 unspecified atom stereocenters. The number of para-hydroxylation sites is 1. The maximum Gasteiger partial charge on any atom is 0.241 e. The number of benzene rings is 2. The van der Waals surface area contributed by atoms with E-state index in [-0.39, 0.29) is 18.4 Å². The molecule has 2 aromatic carbocycles. The maximum atomic E-state index is 12.7. The fraction of sp³-hybridized carbons (Fsp3) is 0.391. The number of methoxy groups -OCH3 is 1. The van der Waals surface area contributed by atoms with E-state index in [9.17, 15) is 9.59 Å². The Bertz CT molecular complexity index is 838. The highest BCUT2D eigenvalue weighted by Crippen LogP contribution is 2.26. The number of carbonyl (C=O) groups is 2. The molecule has 6 heteroatoms. The monoisotopic (exact) mass is 397 g/mol. The van der Waals surface area contributed by atoms with E-state index in [1.165, 1.54) is 0 Å². The van der Waals surface area contributed by atoms with Gasteiger partial charge in [-0.15, -0.1) is 0 Å². The third-order valence-corrected chi connectivity index (χ3v) is 5.15. The van der Waals surface area contributed by atoms with Gasteiger partial charge >= 0.3 is 0 Å². The van der Waals surface area contributed by atoms with Crippen LogP contribution in [0.25, 0.3) is 0 Å². The third-order valence-electron chi connectivity index (χ3n) is 5.15. The average molecular weight is 398 g/mol. The molecule has 0 aliphatic rings. The number of likely N-dealkylation sites (N-methyl/N-ethyl adjacent to an activating group) is 1. The molecule has 2 N–H and O–H groups in total. The Hall–Kier alpha value is -2.86. The summed E-state index contributed by atoms with van der Waals surface area (Å²) in [5.41, 5.74) is 2.60. The van der Waals surface area contributed by atoms with Gasteiger partial charge in [0, 0.05) is 17.4 Å². The van der Waals surface area contributed by atoms with E-state index in [4.69, 9.17) is 4.74 Å². The van der Waals surface area contributed by atoms with E-state index in [0.29, 0.717) is 17.4 Å². The molecule has 0 saturated heterocycles. The first-order valence-corrected chi connectivity index (χ1v) is 9.89. The van der Waals surface area contributed by atoms with Crippen LogP contribution in [0.3, 0.4) is 0 Å². The third kappa shape index (κ3) is 6.32. The van der Waals surface area contributed by atoms with Crippen LogP contribution in [0.1, 0.15) is 38.7 Å². The molecule has 0 bridgehead atoms. The van der Waals surface area contributed by atoms with Crippen molar-refractivity contribution < 1.29 is 14.3 Å². The van der Waals surface area contributed by atoms with E-state index in [1.807, 2.05) is 36.4 Å². The van der Waals surface area contributed by atoms with Gasteiger partial charge in [-0.25, -0.2) is 0 Å². The van der Waals surface area contributed by atoms with Crippen molar-refractivity contribution in [3.8, 4) is 5.75 Å². The lowest BCUT2D eigenvalue weighted by atomic mass is 9.97. The van der Waals surface area contributed by atoms with E-state index in [2.05, 4.69) is 24.5 Å². The van der Waals surface area contributed by atoms with Gasteiger partial charge in [0.1, 0.15) is 5.75 Å². The minimum absolute atomic E-state index is 0.0960. The molecule has 2 rings (SSSR count). The second kappa shape index (κ2) is 10.6. The summed E-state index contributed by atoms with van der Waals surface area (Å²) in [7, 11) is 3.34. The Labute approximate surface area is 173 Å². The lowest BCUT2D eigenvalue weighted by molar-refractivity contribution is -0.122. The standard InChI is InChI=1S/C23H31N3O3/c1-6-16(2)20-12-7-8-13-21(20)25-23(28)17(3)26(4)15-22(27)24-18-10-9-11-19(14-18)29-5/h7-14,16-17H,6,15H2,1-5H3,(H,24,27)(H,25,28)/t16-,17+/m1/s1. The van der Waals surface area contributed by atoms with Gasteiger partial charge in [0.05, 0.1) is 19.7 Å². The quantitative estimate of drug-likeness (QED) is 0.668. The zero-order chi connectivity index (χ0) is 21.4. The van der Waals surface area contributed by atoms with Crippen LogP contribution >= 0.6 is 0 Å². The second-order valence-electron chi connectivity index (χ2n) is 7.26. The van der Waals surface area contributed by atoms with Crippen LogP contribution in [0.5, 0.6) is 5.75 Å². The van der Waals surface area contributed by atoms with Gasteiger partial charge in [0.2, 0.25) is 11.8 Å². The predicted molar refractivity (Wildman–Crippen MR) is 117 cm³/mol. The number of ether oxygens (including phenoxy) is 1. The van der Waals surface area contributed by atoms with E-state index < -0.39 is 6.04 Å². The molecule has 0 heterocycles. The zero-order valence-corrected chi connectivity index (χ0v) is 17.9. The molecule has 0 radical (unpaired) electrons. The molecule has 29 heavy (non-hydrogen) atoms. The summed E-state index contributed by atoms with van der Waals surface area (Å²) < 4.78 is 5.16. The van der Waals surface area contributed by atoms with Crippen molar-refractivity contribution in [2.45, 2.75) is 39.2 Å². The van der Waals surface area contributed by atoms with Crippen LogP contribution < -0.4 is 15.4 Å². The highest BCUT2D eigenvalue weighted by molar-refractivity contribution is 5.96. The normalized spacial score (nSPS) is 12.9. The highest BCUT2D eigenvalue weighted by atomic mass is 16.5. The Balaban J connectivity index is 1.96. The Morgan fingerprint density at radius 2 is 1.79 bits per heavy atom. The highest BCUT2D eigenvalue weighted by Gasteiger charge is 2.21. The second-order valence-corrected chi connectivity index (χ2v) is 7.26. The van der Waals surface area contributed by atoms with E-state index >= 15 is 0 Å². The molecule has 6 nitrogen and oxygen atoms in total. The first kappa shape index (κ1) is 22.4. The van der Waals surface area contributed by atoms with Crippen LogP contribution in [-0.4, -0.2) is 43.5 Å². The van der Waals surface area contributed by atoms with Crippen LogP contribution in [-0.2, 0) is 9.59 Å². The molecule has 2 atom stereocenters. The largest absolute Gasteiger partial charge is 0.497 e. The summed E-state index contributed by atoms with van der Waals surface area (Å²) in [4.78, 5) is 26.8. The molecule has 0 aromatic heterocycles. The fourth-order valence-corrected chi connectivity index (χ4v) is 2.96. The van der Waals surface area contributed by atoms with E-state index in [0.717, 1.165) is 17.7 Å². The first-order chi connectivity index (χ1) is 13.8. The summed E-state index contributed by atoms with van der Waals surface area (Å²) >= 11 is 0. The summed E-state index contributed by atoms with van der Waals surface area (Å²) in [6.45, 7) is 6.16. The van der Waals surface area contributed by atoms with Gasteiger partial charge in [0.25, 0.3) is 0 Å². The fourth-order valence-electron chi connectivity index (χ4n) is 2.96. The minimum atomic E-state index is -0.462. The van der Waals surface area contributed by atoms with Crippen LogP contribution in [0.4, 0.5) is 11.4 Å². The number of nitrogens with one attached hydrogen (secondary N) is 2. The zero-order valence-electron chi connectivity index (χ0n) is 17.9. The summed E-state index contributed by atoms with van der Waals surface area (Å²) in [6.07, 6.45) is 0.993. The molecular formula is C23H31N3O3. The number of nitrogens with zero attached hydrogens (tertiary/aromatic N) is 1. The number of rotatable bonds is 9. The smallest absolute Gasteiger partial charge is 0.241 e. The van der Waals surface area contributed by atoms with Crippen LogP contribution in [0.15, 0.2) is 48.5 Å². The number of amides is 2. The predicted octanol–water partition coefficient (Wildman–Crippen LogP) is 4.11. The molecule has 2 aromatic rings. The number of hydrogen-bond donors (Lipinski definition) is 2. The topological polar surface area (TPSA) is 70.7 Å². The molecule has 0 fully saturated rings. The minimum Gasteiger partial charge on any atom is -0.497 e.